The number of halogens is 1. The Bertz CT molecular complexity index is 1740. The number of anilines is 1. The summed E-state index contributed by atoms with van der Waals surface area (Å²) in [6.07, 6.45) is 12.4. The van der Waals surface area contributed by atoms with Gasteiger partial charge < -0.3 is 14.8 Å². The number of benzene rings is 1. The van der Waals surface area contributed by atoms with E-state index in [-0.39, 0.29) is 29.8 Å². The summed E-state index contributed by atoms with van der Waals surface area (Å²) in [7, 11) is 0. The summed E-state index contributed by atoms with van der Waals surface area (Å²) in [6, 6.07) is 6.41. The molecular formula is C28H27FN8O3. The molecule has 1 aliphatic carbocycles. The zero-order valence-corrected chi connectivity index (χ0v) is 21.7. The highest BCUT2D eigenvalue weighted by atomic mass is 19.1. The Morgan fingerprint density at radius 1 is 1.15 bits per heavy atom. The van der Waals surface area contributed by atoms with Gasteiger partial charge in [-0.15, -0.1) is 0 Å². The second-order valence-corrected chi connectivity index (χ2v) is 10.0. The van der Waals surface area contributed by atoms with Gasteiger partial charge in [0.1, 0.15) is 23.6 Å². The van der Waals surface area contributed by atoms with Crippen LogP contribution < -0.4 is 15.7 Å². The van der Waals surface area contributed by atoms with Gasteiger partial charge in [-0.1, -0.05) is 19.8 Å². The normalized spacial score (nSPS) is 18.9. The third-order valence-corrected chi connectivity index (χ3v) is 7.55. The Kier molecular flexibility index (Phi) is 6.03. The average molecular weight is 543 g/mol. The lowest BCUT2D eigenvalue weighted by Crippen LogP contribution is -2.20. The van der Waals surface area contributed by atoms with Crippen molar-refractivity contribution in [3.05, 3.63) is 82.9 Å². The summed E-state index contributed by atoms with van der Waals surface area (Å²) < 4.78 is 30.6. The smallest absolute Gasteiger partial charge is 0.328 e. The zero-order chi connectivity index (χ0) is 27.2. The Labute approximate surface area is 228 Å². The summed E-state index contributed by atoms with van der Waals surface area (Å²) in [5.41, 5.74) is 4.07. The lowest BCUT2D eigenvalue weighted by atomic mass is 10.1. The van der Waals surface area contributed by atoms with Crippen LogP contribution in [0.2, 0.25) is 0 Å². The van der Waals surface area contributed by atoms with E-state index in [1.54, 1.807) is 47.6 Å². The van der Waals surface area contributed by atoms with Crippen LogP contribution in [0, 0.1) is 5.82 Å². The SMILES string of the molecule is CCc1c(C2OC2Nc2ccc(Oc3ccnc4[nH]c(=O)n(C5CCCC5)c34)c(F)c2)cnn1-c1cncnc1. The molecule has 1 saturated carbocycles. The number of aromatic nitrogens is 7. The average Bonchev–Trinajstić information content (AvgIpc) is 3.31. The minimum Gasteiger partial charge on any atom is -0.452 e. The van der Waals surface area contributed by atoms with Gasteiger partial charge in [-0.3, -0.25) is 9.55 Å². The largest absolute Gasteiger partial charge is 0.452 e. The summed E-state index contributed by atoms with van der Waals surface area (Å²) in [4.78, 5) is 27.9. The minimum absolute atomic E-state index is 0.0533. The predicted octanol–water partition coefficient (Wildman–Crippen LogP) is 4.82. The summed E-state index contributed by atoms with van der Waals surface area (Å²) in [5.74, 6) is -0.102. The molecule has 5 heterocycles. The quantitative estimate of drug-likeness (QED) is 0.267. The fraction of sp³-hybridized carbons (Fsp3) is 0.321. The number of rotatable bonds is 8. The van der Waals surface area contributed by atoms with E-state index in [1.165, 1.54) is 12.4 Å². The van der Waals surface area contributed by atoms with E-state index in [1.807, 2.05) is 4.68 Å². The fourth-order valence-corrected chi connectivity index (χ4v) is 5.63. The van der Waals surface area contributed by atoms with Crippen molar-refractivity contribution in [1.29, 1.82) is 0 Å². The molecule has 0 spiro atoms. The minimum atomic E-state index is -0.538. The van der Waals surface area contributed by atoms with E-state index in [2.05, 4.69) is 37.3 Å². The van der Waals surface area contributed by atoms with Gasteiger partial charge in [0, 0.05) is 35.6 Å². The first kappa shape index (κ1) is 24.5. The van der Waals surface area contributed by atoms with Crippen LogP contribution in [0.25, 0.3) is 16.9 Å². The van der Waals surface area contributed by atoms with E-state index in [9.17, 15) is 4.79 Å². The number of H-pyrrole nitrogens is 1. The maximum atomic E-state index is 15.2. The van der Waals surface area contributed by atoms with Gasteiger partial charge in [0.2, 0.25) is 0 Å². The Hall–Kier alpha value is -4.58. The van der Waals surface area contributed by atoms with Crippen molar-refractivity contribution < 1.29 is 13.9 Å². The van der Waals surface area contributed by atoms with Crippen molar-refractivity contribution in [2.45, 2.75) is 57.4 Å². The molecule has 0 amide bonds. The number of imidazole rings is 1. The van der Waals surface area contributed by atoms with Gasteiger partial charge in [0.05, 0.1) is 24.3 Å². The highest BCUT2D eigenvalue weighted by molar-refractivity contribution is 5.79. The molecular weight excluding hydrogens is 515 g/mol. The molecule has 4 aromatic heterocycles. The number of hydrogen-bond acceptors (Lipinski definition) is 8. The Morgan fingerprint density at radius 2 is 1.98 bits per heavy atom. The number of fused-ring (bicyclic) bond motifs is 1. The molecule has 7 rings (SSSR count). The highest BCUT2D eigenvalue weighted by Crippen LogP contribution is 2.42. The summed E-state index contributed by atoms with van der Waals surface area (Å²) >= 11 is 0. The van der Waals surface area contributed by atoms with Gasteiger partial charge in [0.25, 0.3) is 0 Å². The van der Waals surface area contributed by atoms with E-state index in [0.717, 1.165) is 49.0 Å². The zero-order valence-electron chi connectivity index (χ0n) is 21.7. The molecule has 40 heavy (non-hydrogen) atoms. The molecule has 2 aliphatic rings. The third-order valence-electron chi connectivity index (χ3n) is 7.55. The van der Waals surface area contributed by atoms with Crippen LogP contribution in [0.5, 0.6) is 11.5 Å². The molecule has 2 N–H and O–H groups in total. The van der Waals surface area contributed by atoms with Gasteiger partial charge in [0.15, 0.2) is 29.2 Å². The number of aromatic amines is 1. The predicted molar refractivity (Wildman–Crippen MR) is 144 cm³/mol. The van der Waals surface area contributed by atoms with Crippen LogP contribution in [-0.4, -0.2) is 40.5 Å². The number of ether oxygens (including phenoxy) is 2. The first-order valence-electron chi connectivity index (χ1n) is 13.4. The Balaban J connectivity index is 1.09. The number of hydrogen-bond donors (Lipinski definition) is 2. The van der Waals surface area contributed by atoms with Gasteiger partial charge in [-0.2, -0.15) is 5.10 Å². The van der Waals surface area contributed by atoms with Crippen molar-refractivity contribution in [2.24, 2.45) is 0 Å². The summed E-state index contributed by atoms with van der Waals surface area (Å²) in [6.45, 7) is 2.05. The second kappa shape index (κ2) is 9.87. The van der Waals surface area contributed by atoms with Crippen LogP contribution in [0.4, 0.5) is 10.1 Å². The Morgan fingerprint density at radius 3 is 2.75 bits per heavy atom. The van der Waals surface area contributed by atoms with Gasteiger partial charge in [-0.25, -0.2) is 28.8 Å². The molecule has 0 bridgehead atoms. The molecule has 2 fully saturated rings. The van der Waals surface area contributed by atoms with Crippen molar-refractivity contribution in [1.82, 2.24) is 34.3 Å². The number of epoxide rings is 1. The van der Waals surface area contributed by atoms with Gasteiger partial charge >= 0.3 is 5.69 Å². The molecule has 1 aromatic carbocycles. The van der Waals surface area contributed by atoms with Crippen molar-refractivity contribution in [2.75, 3.05) is 5.32 Å². The molecule has 204 valence electrons. The number of nitrogens with zero attached hydrogens (tertiary/aromatic N) is 6. The monoisotopic (exact) mass is 542 g/mol. The van der Waals surface area contributed by atoms with Crippen molar-refractivity contribution >= 4 is 16.9 Å². The number of nitrogens with one attached hydrogen (secondary N) is 2. The van der Waals surface area contributed by atoms with Crippen LogP contribution in [-0.2, 0) is 11.2 Å². The van der Waals surface area contributed by atoms with Crippen LogP contribution in [0.3, 0.4) is 0 Å². The molecule has 1 saturated heterocycles. The molecule has 2 unspecified atom stereocenters. The first-order valence-corrected chi connectivity index (χ1v) is 13.4. The molecule has 2 atom stereocenters. The van der Waals surface area contributed by atoms with E-state index in [4.69, 9.17) is 9.47 Å². The van der Waals surface area contributed by atoms with Crippen LogP contribution >= 0.6 is 0 Å². The topological polar surface area (TPSA) is 128 Å². The fourth-order valence-electron chi connectivity index (χ4n) is 5.63. The lowest BCUT2D eigenvalue weighted by molar-refractivity contribution is 0.385. The maximum Gasteiger partial charge on any atom is 0.328 e. The summed E-state index contributed by atoms with van der Waals surface area (Å²) in [5, 5.41) is 7.74. The van der Waals surface area contributed by atoms with Crippen LogP contribution in [0.15, 0.2) is 60.2 Å². The second-order valence-electron chi connectivity index (χ2n) is 10.0. The van der Waals surface area contributed by atoms with Gasteiger partial charge in [-0.05, 0) is 31.4 Å². The standard InChI is InChI=1S/C28H27FN8O3/c1-2-21-19(14-33-37(21)18-12-30-15-31-13-18)25-27(40-25)34-16-7-8-22(20(29)11-16)39-23-9-10-32-26-24(23)36(28(38)35-26)17-5-3-4-6-17/h7-15,17,25,27,34H,2-6H2,1H3,(H,32,35,38). The molecule has 12 heteroatoms. The van der Waals surface area contributed by atoms with E-state index < -0.39 is 5.82 Å². The van der Waals surface area contributed by atoms with Crippen molar-refractivity contribution in [3.63, 3.8) is 0 Å². The lowest BCUT2D eigenvalue weighted by Gasteiger charge is -2.14. The number of pyridine rings is 1. The molecule has 11 nitrogen and oxygen atoms in total. The third kappa shape index (κ3) is 4.30. The molecule has 0 radical (unpaired) electrons. The highest BCUT2D eigenvalue weighted by Gasteiger charge is 2.43. The van der Waals surface area contributed by atoms with Crippen LogP contribution in [0.1, 0.15) is 56.0 Å². The maximum absolute atomic E-state index is 15.2. The molecule has 1 aliphatic heterocycles. The molecule has 5 aromatic rings. The van der Waals surface area contributed by atoms with E-state index in [0.29, 0.717) is 22.6 Å². The first-order chi connectivity index (χ1) is 19.6. The van der Waals surface area contributed by atoms with E-state index >= 15 is 4.39 Å². The van der Waals surface area contributed by atoms with Crippen molar-refractivity contribution in [3.8, 4) is 17.2 Å².